The number of nitrogens with one attached hydrogen (secondary N) is 5. The van der Waals surface area contributed by atoms with Crippen LogP contribution in [0.4, 0.5) is 10.5 Å². The summed E-state index contributed by atoms with van der Waals surface area (Å²) in [7, 11) is 7.68. The van der Waals surface area contributed by atoms with Gasteiger partial charge in [0.15, 0.2) is 0 Å². The van der Waals surface area contributed by atoms with Crippen LogP contribution in [0.2, 0.25) is 0 Å². The summed E-state index contributed by atoms with van der Waals surface area (Å²) in [5.41, 5.74) is 11.6. The van der Waals surface area contributed by atoms with Crippen LogP contribution in [0.15, 0.2) is 64.1 Å². The van der Waals surface area contributed by atoms with Gasteiger partial charge in [-0.05, 0) is 61.2 Å². The second-order valence-electron chi connectivity index (χ2n) is 19.8. The van der Waals surface area contributed by atoms with E-state index in [1.165, 1.54) is 11.0 Å². The summed E-state index contributed by atoms with van der Waals surface area (Å²) in [4.78, 5) is 82.7. The molecule has 0 unspecified atom stereocenters. The standard InChI is InChI=1S/C57H81N11O14/c1-40-48(64-57(75)63-40)9-7-6-8-10-51(69)59-20-25-76-29-33-80-34-30-77-26-21-60-52(70)18-23-68(24-28-79-32-36-81-35-31-78-27-22-62-65-58)53(71)17-19-61-55(72)41-11-14-44(47(37-41)56(73)74)54-45-15-12-42(66(2)3)38-49(45)82-50-39-43(67(4)5)13-16-46(50)54/h11-16,37-40,48H,6-10,17-36H2,1-5H3,(H5-,59,60,61,63,64,69,70,72,73,74,75)/p+1/t40-,48+/m0/s1. The Labute approximate surface area is 478 Å². The molecule has 2 heterocycles. The maximum atomic E-state index is 13.6. The Kier molecular flexibility index (Phi) is 28.9. The van der Waals surface area contributed by atoms with E-state index in [9.17, 15) is 33.9 Å². The molecule has 6 amide bonds. The van der Waals surface area contributed by atoms with Gasteiger partial charge in [-0.1, -0.05) is 24.0 Å². The highest BCUT2D eigenvalue weighted by molar-refractivity contribution is 6.09. The number of ether oxygens (including phenoxy) is 6. The van der Waals surface area contributed by atoms with Crippen molar-refractivity contribution in [2.24, 2.45) is 5.11 Å². The van der Waals surface area contributed by atoms with Crippen molar-refractivity contribution in [1.29, 1.82) is 0 Å². The number of carboxylic acids is 1. The molecule has 2 aromatic carbocycles. The zero-order valence-electron chi connectivity index (χ0n) is 48.0. The van der Waals surface area contributed by atoms with E-state index in [0.717, 1.165) is 36.7 Å². The Balaban J connectivity index is 1.03. The number of benzene rings is 3. The summed E-state index contributed by atoms with van der Waals surface area (Å²) in [5.74, 6) is -1.89. The van der Waals surface area contributed by atoms with Gasteiger partial charge in [-0.25, -0.2) is 14.2 Å². The molecule has 2 aliphatic heterocycles. The van der Waals surface area contributed by atoms with Crippen molar-refractivity contribution in [3.05, 3.63) is 81.5 Å². The molecule has 3 aliphatic rings. The quantitative estimate of drug-likeness (QED) is 0.00916. The van der Waals surface area contributed by atoms with E-state index in [2.05, 4.69) is 36.6 Å². The van der Waals surface area contributed by atoms with Crippen LogP contribution in [0.5, 0.6) is 0 Å². The van der Waals surface area contributed by atoms with Gasteiger partial charge in [-0.3, -0.25) is 19.2 Å². The van der Waals surface area contributed by atoms with Gasteiger partial charge in [0.2, 0.25) is 23.1 Å². The van der Waals surface area contributed by atoms with Crippen molar-refractivity contribution < 1.29 is 66.7 Å². The lowest BCUT2D eigenvalue weighted by Gasteiger charge is -2.23. The average Bonchev–Trinajstić information content (AvgIpc) is 3.77. The van der Waals surface area contributed by atoms with E-state index >= 15 is 0 Å². The zero-order chi connectivity index (χ0) is 59.1. The topological polar surface area (TPSA) is 310 Å². The molecule has 25 heteroatoms. The molecule has 5 rings (SSSR count). The van der Waals surface area contributed by atoms with E-state index in [1.807, 2.05) is 81.0 Å². The predicted molar refractivity (Wildman–Crippen MR) is 308 cm³/mol. The first-order valence-electron chi connectivity index (χ1n) is 27.9. The largest absolute Gasteiger partial charge is 0.478 e. The molecule has 1 fully saturated rings. The Bertz CT molecular complexity index is 2800. The Hall–Kier alpha value is -7.38. The monoisotopic (exact) mass is 1140 g/mol. The number of carbonyl (C=O) groups excluding carboxylic acids is 5. The van der Waals surface area contributed by atoms with Crippen molar-refractivity contribution >= 4 is 52.3 Å². The number of hydrogen-bond donors (Lipinski definition) is 6. The number of amides is 6. The van der Waals surface area contributed by atoms with Gasteiger partial charge < -0.3 is 74.3 Å². The van der Waals surface area contributed by atoms with Crippen LogP contribution in [-0.4, -0.2) is 204 Å². The van der Waals surface area contributed by atoms with Gasteiger partial charge in [0.25, 0.3) is 5.91 Å². The molecule has 0 spiro atoms. The molecule has 2 atom stereocenters. The van der Waals surface area contributed by atoms with Gasteiger partial charge in [0.05, 0.1) is 97.0 Å². The highest BCUT2D eigenvalue weighted by atomic mass is 16.5. The molecule has 25 nitrogen and oxygen atoms in total. The van der Waals surface area contributed by atoms with Crippen molar-refractivity contribution in [3.63, 3.8) is 0 Å². The SMILES string of the molecule is C[C@@H]1NC(=O)N[C@@H]1CCCCCC(=O)NCCOCCOCCOCCNC(=O)CCN(CCOCCOCCOCCN=[N+]=[N-])C(=O)CCNC(=O)c1ccc(-c2c3ccc(=[N+](C)C)cc-3oc3cc(N(C)C)ccc23)c(C(=O)O)c1. The molecule has 1 aliphatic carbocycles. The molecule has 1 saturated heterocycles. The van der Waals surface area contributed by atoms with Gasteiger partial charge in [0.1, 0.15) is 25.4 Å². The maximum absolute atomic E-state index is 13.6. The normalized spacial score (nSPS) is 13.7. The second kappa shape index (κ2) is 36.2. The number of unbranched alkanes of at least 4 members (excludes halogenated alkanes) is 2. The first-order valence-corrected chi connectivity index (χ1v) is 27.9. The molecule has 6 N–H and O–H groups in total. The van der Waals surface area contributed by atoms with E-state index in [1.54, 1.807) is 12.1 Å². The Morgan fingerprint density at radius 1 is 0.707 bits per heavy atom. The minimum Gasteiger partial charge on any atom is -0.478 e. The maximum Gasteiger partial charge on any atom is 0.336 e. The third-order valence-corrected chi connectivity index (χ3v) is 13.3. The van der Waals surface area contributed by atoms with Crippen LogP contribution in [0, 0.1) is 0 Å². The highest BCUT2D eigenvalue weighted by Crippen LogP contribution is 2.42. The van der Waals surface area contributed by atoms with Crippen LogP contribution in [0.1, 0.15) is 72.6 Å². The number of hydrogen-bond acceptors (Lipinski definition) is 15. The summed E-state index contributed by atoms with van der Waals surface area (Å²) >= 11 is 0. The molecule has 448 valence electrons. The average molecular weight is 1150 g/mol. The van der Waals surface area contributed by atoms with E-state index in [0.29, 0.717) is 92.6 Å². The van der Waals surface area contributed by atoms with Gasteiger partial charge in [-0.15, -0.1) is 0 Å². The molecule has 0 bridgehead atoms. The lowest BCUT2D eigenvalue weighted by molar-refractivity contribution is -0.132. The first kappa shape index (κ1) is 65.4. The van der Waals surface area contributed by atoms with Crippen LogP contribution >= 0.6 is 0 Å². The molecular weight excluding hydrogens is 1060 g/mol. The summed E-state index contributed by atoms with van der Waals surface area (Å²) in [6, 6.07) is 16.1. The lowest BCUT2D eigenvalue weighted by atomic mass is 9.89. The number of urea groups is 1. The minimum absolute atomic E-state index is 0.00727. The van der Waals surface area contributed by atoms with Crippen molar-refractivity contribution in [2.45, 2.75) is 64.0 Å². The van der Waals surface area contributed by atoms with Crippen LogP contribution in [-0.2, 0) is 42.8 Å². The number of nitrogens with zero attached hydrogens (tertiary/aromatic N) is 6. The number of azide groups is 1. The van der Waals surface area contributed by atoms with Crippen LogP contribution in [0.25, 0.3) is 43.9 Å². The minimum atomic E-state index is -1.23. The van der Waals surface area contributed by atoms with Crippen molar-refractivity contribution in [3.8, 4) is 22.5 Å². The Morgan fingerprint density at radius 3 is 1.96 bits per heavy atom. The molecule has 0 saturated carbocycles. The number of fused-ring (bicyclic) bond motifs is 2. The fraction of sp³-hybridized carbons (Fsp3) is 0.561. The molecule has 2 aromatic rings. The molecular formula is C57H82N11O14+. The summed E-state index contributed by atoms with van der Waals surface area (Å²) in [6.07, 6.45) is 3.85. The summed E-state index contributed by atoms with van der Waals surface area (Å²) < 4.78 is 41.6. The third-order valence-electron chi connectivity index (χ3n) is 13.3. The zero-order valence-corrected chi connectivity index (χ0v) is 48.0. The highest BCUT2D eigenvalue weighted by Gasteiger charge is 2.27. The van der Waals surface area contributed by atoms with E-state index < -0.39 is 11.9 Å². The van der Waals surface area contributed by atoms with Gasteiger partial charge in [-0.2, -0.15) is 0 Å². The van der Waals surface area contributed by atoms with Crippen molar-refractivity contribution in [2.75, 3.05) is 152 Å². The predicted octanol–water partition coefficient (Wildman–Crippen LogP) is 4.00. The first-order chi connectivity index (χ1) is 39.7. The molecule has 0 radical (unpaired) electrons. The second-order valence-corrected chi connectivity index (χ2v) is 19.8. The lowest BCUT2D eigenvalue weighted by Crippen LogP contribution is -2.39. The number of carbonyl (C=O) groups is 6. The number of rotatable bonds is 40. The number of carboxylic acid groups (broad SMARTS) is 1. The fourth-order valence-electron chi connectivity index (χ4n) is 8.84. The van der Waals surface area contributed by atoms with E-state index in [4.69, 9.17) is 38.4 Å². The van der Waals surface area contributed by atoms with Gasteiger partial charge in [0, 0.05) is 123 Å². The summed E-state index contributed by atoms with van der Waals surface area (Å²) in [6.45, 7) is 6.51. The van der Waals surface area contributed by atoms with E-state index in [-0.39, 0.29) is 126 Å². The van der Waals surface area contributed by atoms with Crippen LogP contribution < -0.4 is 41.4 Å². The van der Waals surface area contributed by atoms with Crippen molar-refractivity contribution in [1.82, 2.24) is 36.1 Å². The van der Waals surface area contributed by atoms with Crippen LogP contribution in [0.3, 0.4) is 0 Å². The number of anilines is 1. The fourth-order valence-corrected chi connectivity index (χ4v) is 8.84. The Morgan fingerprint density at radius 2 is 1.34 bits per heavy atom. The molecule has 0 aromatic heterocycles. The molecule has 82 heavy (non-hydrogen) atoms. The number of aromatic carboxylic acids is 1. The summed E-state index contributed by atoms with van der Waals surface area (Å²) in [5, 5.41) is 29.7. The smallest absolute Gasteiger partial charge is 0.336 e. The third kappa shape index (κ3) is 22.5. The van der Waals surface area contributed by atoms with Gasteiger partial charge >= 0.3 is 12.0 Å².